The molecule has 7 nitrogen and oxygen atoms in total. The summed E-state index contributed by atoms with van der Waals surface area (Å²) in [6, 6.07) is 13.7. The van der Waals surface area contributed by atoms with E-state index in [0.717, 1.165) is 31.4 Å². The van der Waals surface area contributed by atoms with Crippen molar-refractivity contribution in [2.45, 2.75) is 32.1 Å². The topological polar surface area (TPSA) is 88.1 Å². The lowest BCUT2D eigenvalue weighted by molar-refractivity contribution is 0.0753. The van der Waals surface area contributed by atoms with Gasteiger partial charge in [-0.2, -0.15) is 0 Å². The van der Waals surface area contributed by atoms with Gasteiger partial charge in [-0.15, -0.1) is 0 Å². The summed E-state index contributed by atoms with van der Waals surface area (Å²) < 4.78 is 14.0. The van der Waals surface area contributed by atoms with Crippen molar-refractivity contribution in [1.29, 1.82) is 0 Å². The van der Waals surface area contributed by atoms with Crippen LogP contribution in [0.1, 0.15) is 57.2 Å². The van der Waals surface area contributed by atoms with E-state index in [9.17, 15) is 14.0 Å². The van der Waals surface area contributed by atoms with Crippen LogP contribution in [0, 0.1) is 11.7 Å². The van der Waals surface area contributed by atoms with E-state index in [1.807, 2.05) is 11.0 Å². The van der Waals surface area contributed by atoms with Gasteiger partial charge in [-0.25, -0.2) is 19.3 Å². The summed E-state index contributed by atoms with van der Waals surface area (Å²) in [6.45, 7) is 1.30. The molecule has 1 fully saturated rings. The number of amides is 2. The monoisotopic (exact) mass is 461 g/mol. The second-order valence-electron chi connectivity index (χ2n) is 8.55. The van der Waals surface area contributed by atoms with Crippen LogP contribution < -0.4 is 5.32 Å². The first kappa shape index (κ1) is 23.5. The molecule has 1 N–H and O–H groups in total. The lowest BCUT2D eigenvalue weighted by atomic mass is 9.95. The molecule has 3 aromatic rings. The third kappa shape index (κ3) is 5.81. The Labute approximate surface area is 198 Å². The van der Waals surface area contributed by atoms with Crippen molar-refractivity contribution < 1.29 is 14.0 Å². The molecule has 4 rings (SSSR count). The van der Waals surface area contributed by atoms with Gasteiger partial charge in [-0.1, -0.05) is 24.3 Å². The van der Waals surface area contributed by atoms with Gasteiger partial charge in [0, 0.05) is 37.9 Å². The van der Waals surface area contributed by atoms with E-state index in [2.05, 4.69) is 20.3 Å². The first-order valence-electron chi connectivity index (χ1n) is 11.5. The van der Waals surface area contributed by atoms with Crippen molar-refractivity contribution in [2.24, 2.45) is 5.92 Å². The van der Waals surface area contributed by atoms with E-state index in [4.69, 9.17) is 0 Å². The number of likely N-dealkylation sites (tertiary alicyclic amines) is 1. The van der Waals surface area contributed by atoms with Gasteiger partial charge in [0.25, 0.3) is 11.8 Å². The molecule has 1 aliphatic rings. The second kappa shape index (κ2) is 11.0. The largest absolute Gasteiger partial charge is 0.354 e. The minimum atomic E-state index is -0.272. The number of rotatable bonds is 6. The predicted molar refractivity (Wildman–Crippen MR) is 126 cm³/mol. The van der Waals surface area contributed by atoms with Crippen LogP contribution in [0.4, 0.5) is 4.39 Å². The molecule has 1 aromatic carbocycles. The first-order chi connectivity index (χ1) is 16.5. The molecule has 8 heteroatoms. The maximum Gasteiger partial charge on any atom is 0.272 e. The van der Waals surface area contributed by atoms with Crippen LogP contribution in [-0.4, -0.2) is 51.8 Å². The molecule has 176 valence electrons. The number of hydrogen-bond donors (Lipinski definition) is 1. The van der Waals surface area contributed by atoms with Gasteiger partial charge >= 0.3 is 0 Å². The van der Waals surface area contributed by atoms with E-state index in [1.54, 1.807) is 43.4 Å². The third-order valence-electron chi connectivity index (χ3n) is 6.17. The van der Waals surface area contributed by atoms with Crippen molar-refractivity contribution in [2.75, 3.05) is 20.1 Å². The number of hydrogen-bond acceptors (Lipinski definition) is 5. The number of nitrogens with one attached hydrogen (secondary N) is 1. The molecule has 1 atom stereocenters. The number of pyridine rings is 1. The summed E-state index contributed by atoms with van der Waals surface area (Å²) in [6.07, 6.45) is 5.21. The van der Waals surface area contributed by atoms with Gasteiger partial charge in [0.2, 0.25) is 0 Å². The molecule has 1 saturated heterocycles. The fourth-order valence-electron chi connectivity index (χ4n) is 4.33. The van der Waals surface area contributed by atoms with Crippen LogP contribution in [0.5, 0.6) is 0 Å². The maximum absolute atomic E-state index is 14.0. The molecule has 0 spiro atoms. The van der Waals surface area contributed by atoms with E-state index < -0.39 is 0 Å². The number of aromatic nitrogens is 3. The van der Waals surface area contributed by atoms with Crippen molar-refractivity contribution in [3.05, 3.63) is 89.0 Å². The van der Waals surface area contributed by atoms with Gasteiger partial charge in [0.1, 0.15) is 23.5 Å². The van der Waals surface area contributed by atoms with Gasteiger partial charge in [0.15, 0.2) is 0 Å². The number of halogens is 1. The summed E-state index contributed by atoms with van der Waals surface area (Å²) in [5.41, 5.74) is 2.80. The summed E-state index contributed by atoms with van der Waals surface area (Å²) in [7, 11) is 1.57. The summed E-state index contributed by atoms with van der Waals surface area (Å²) in [5, 5.41) is 2.58. The Morgan fingerprint density at radius 1 is 1.03 bits per heavy atom. The zero-order valence-electron chi connectivity index (χ0n) is 19.2. The molecule has 1 aliphatic heterocycles. The molecule has 0 unspecified atom stereocenters. The van der Waals surface area contributed by atoms with Crippen molar-refractivity contribution in [3.8, 4) is 0 Å². The Kier molecular flexibility index (Phi) is 7.57. The van der Waals surface area contributed by atoms with Crippen molar-refractivity contribution in [3.63, 3.8) is 0 Å². The standard InChI is InChI=1S/C26H28FN5O2/c1-28-25(33)24-16-21(29-17-30-24)14-18-6-5-12-32(13-11-18)26(34)23-10-4-8-20(31-23)15-19-7-2-3-9-22(19)27/h2-4,7-10,16-18H,5-6,11-15H2,1H3,(H,28,33)/t18-/m1/s1. The SMILES string of the molecule is CNC(=O)c1cc(C[C@@H]2CCCN(C(=O)c3cccc(Cc4ccccc4F)n3)CC2)ncn1. The van der Waals surface area contributed by atoms with Crippen LogP contribution in [0.15, 0.2) is 54.9 Å². The Morgan fingerprint density at radius 3 is 2.71 bits per heavy atom. The van der Waals surface area contributed by atoms with Gasteiger partial charge in [0.05, 0.1) is 0 Å². The second-order valence-corrected chi connectivity index (χ2v) is 8.55. The first-order valence-corrected chi connectivity index (χ1v) is 11.5. The molecule has 3 heterocycles. The van der Waals surface area contributed by atoms with E-state index in [0.29, 0.717) is 48.1 Å². The Hall–Kier alpha value is -3.68. The van der Waals surface area contributed by atoms with Crippen molar-refractivity contribution in [1.82, 2.24) is 25.2 Å². The summed E-state index contributed by atoms with van der Waals surface area (Å²) in [4.78, 5) is 39.7. The highest BCUT2D eigenvalue weighted by molar-refractivity contribution is 5.92. The Morgan fingerprint density at radius 2 is 1.88 bits per heavy atom. The van der Waals surface area contributed by atoms with E-state index in [-0.39, 0.29) is 17.6 Å². The zero-order chi connectivity index (χ0) is 23.9. The molecule has 2 amide bonds. The molecule has 0 bridgehead atoms. The average molecular weight is 462 g/mol. The third-order valence-corrected chi connectivity index (χ3v) is 6.17. The van der Waals surface area contributed by atoms with Crippen LogP contribution in [0.2, 0.25) is 0 Å². The molecule has 0 aliphatic carbocycles. The zero-order valence-corrected chi connectivity index (χ0v) is 19.2. The minimum Gasteiger partial charge on any atom is -0.354 e. The normalized spacial score (nSPS) is 16.1. The number of benzene rings is 1. The van der Waals surface area contributed by atoms with Gasteiger partial charge in [-0.05, 0) is 61.4 Å². The lowest BCUT2D eigenvalue weighted by Crippen LogP contribution is -2.32. The number of carbonyl (C=O) groups excluding carboxylic acids is 2. The molecular formula is C26H28FN5O2. The molecule has 0 radical (unpaired) electrons. The van der Waals surface area contributed by atoms with Gasteiger partial charge < -0.3 is 10.2 Å². The molecule has 34 heavy (non-hydrogen) atoms. The minimum absolute atomic E-state index is 0.0972. The Bertz CT molecular complexity index is 1170. The van der Waals surface area contributed by atoms with Crippen LogP contribution in [0.25, 0.3) is 0 Å². The number of nitrogens with zero attached hydrogens (tertiary/aromatic N) is 4. The highest BCUT2D eigenvalue weighted by Crippen LogP contribution is 2.22. The molecule has 2 aromatic heterocycles. The maximum atomic E-state index is 14.0. The quantitative estimate of drug-likeness (QED) is 0.608. The Balaban J connectivity index is 1.38. The van der Waals surface area contributed by atoms with E-state index in [1.165, 1.54) is 12.4 Å². The lowest BCUT2D eigenvalue weighted by Gasteiger charge is -2.20. The van der Waals surface area contributed by atoms with Crippen LogP contribution >= 0.6 is 0 Å². The number of carbonyl (C=O) groups is 2. The fourth-order valence-corrected chi connectivity index (χ4v) is 4.33. The van der Waals surface area contributed by atoms with E-state index >= 15 is 0 Å². The summed E-state index contributed by atoms with van der Waals surface area (Å²) >= 11 is 0. The van der Waals surface area contributed by atoms with Crippen LogP contribution in [0.3, 0.4) is 0 Å². The highest BCUT2D eigenvalue weighted by atomic mass is 19.1. The molecular weight excluding hydrogens is 433 g/mol. The fraction of sp³-hybridized carbons (Fsp3) is 0.346. The molecule has 0 saturated carbocycles. The highest BCUT2D eigenvalue weighted by Gasteiger charge is 2.23. The van der Waals surface area contributed by atoms with Crippen molar-refractivity contribution >= 4 is 11.8 Å². The van der Waals surface area contributed by atoms with Gasteiger partial charge in [-0.3, -0.25) is 9.59 Å². The predicted octanol–water partition coefficient (Wildman–Crippen LogP) is 3.45. The van der Waals surface area contributed by atoms with Crippen LogP contribution in [-0.2, 0) is 12.8 Å². The average Bonchev–Trinajstić information content (AvgIpc) is 3.10. The smallest absolute Gasteiger partial charge is 0.272 e. The summed E-state index contributed by atoms with van der Waals surface area (Å²) in [5.74, 6) is -0.234.